The highest BCUT2D eigenvalue weighted by Gasteiger charge is 2.14. The molecule has 1 heterocycles. The van der Waals surface area contributed by atoms with Crippen LogP contribution in [-0.2, 0) is 6.61 Å². The van der Waals surface area contributed by atoms with E-state index in [1.807, 2.05) is 0 Å². The first-order chi connectivity index (χ1) is 14.6. The Bertz CT molecular complexity index is 1260. The van der Waals surface area contributed by atoms with Gasteiger partial charge in [0, 0.05) is 22.6 Å². The molecule has 5 nitrogen and oxygen atoms in total. The van der Waals surface area contributed by atoms with Crippen LogP contribution in [0.4, 0.5) is 4.39 Å². The van der Waals surface area contributed by atoms with Crippen molar-refractivity contribution in [2.24, 2.45) is 0 Å². The Labute approximate surface area is 172 Å². The van der Waals surface area contributed by atoms with Gasteiger partial charge in [-0.2, -0.15) is 0 Å². The minimum Gasteiger partial charge on any atom is -0.497 e. The van der Waals surface area contributed by atoms with E-state index in [0.29, 0.717) is 44.9 Å². The summed E-state index contributed by atoms with van der Waals surface area (Å²) in [4.78, 5) is 12.7. The zero-order valence-electron chi connectivity index (χ0n) is 16.5. The highest BCUT2D eigenvalue weighted by atomic mass is 19.1. The number of benzene rings is 3. The topological polar surface area (TPSA) is 57.9 Å². The molecule has 0 saturated carbocycles. The fourth-order valence-corrected chi connectivity index (χ4v) is 3.17. The van der Waals surface area contributed by atoms with Crippen molar-refractivity contribution < 1.29 is 23.0 Å². The van der Waals surface area contributed by atoms with Gasteiger partial charge in [0.05, 0.1) is 19.8 Å². The molecule has 4 rings (SSSR count). The SMILES string of the molecule is COc1ccc(OC)c(-c2cc3ccc(OCc4ccccc4F)cc3oc2=O)c1. The van der Waals surface area contributed by atoms with E-state index in [-0.39, 0.29) is 12.4 Å². The van der Waals surface area contributed by atoms with Crippen LogP contribution in [0.5, 0.6) is 17.2 Å². The van der Waals surface area contributed by atoms with Crippen LogP contribution >= 0.6 is 0 Å². The molecule has 0 unspecified atom stereocenters. The van der Waals surface area contributed by atoms with Crippen LogP contribution in [0.1, 0.15) is 5.56 Å². The molecule has 6 heteroatoms. The molecule has 3 aromatic carbocycles. The van der Waals surface area contributed by atoms with Crippen molar-refractivity contribution in [1.82, 2.24) is 0 Å². The molecule has 0 saturated heterocycles. The van der Waals surface area contributed by atoms with Crippen molar-refractivity contribution in [3.8, 4) is 28.4 Å². The average Bonchev–Trinajstić information content (AvgIpc) is 2.77. The molecule has 0 amide bonds. The monoisotopic (exact) mass is 406 g/mol. The van der Waals surface area contributed by atoms with Crippen molar-refractivity contribution in [2.45, 2.75) is 6.61 Å². The molecule has 0 aliphatic rings. The third-order valence-corrected chi connectivity index (χ3v) is 4.76. The predicted molar refractivity (Wildman–Crippen MR) is 112 cm³/mol. The summed E-state index contributed by atoms with van der Waals surface area (Å²) in [5.74, 6) is 1.27. The smallest absolute Gasteiger partial charge is 0.344 e. The van der Waals surface area contributed by atoms with Crippen molar-refractivity contribution in [3.63, 3.8) is 0 Å². The lowest BCUT2D eigenvalue weighted by Crippen LogP contribution is -2.04. The summed E-state index contributed by atoms with van der Waals surface area (Å²) in [6.45, 7) is 0.0709. The van der Waals surface area contributed by atoms with Crippen LogP contribution in [0.3, 0.4) is 0 Å². The first kappa shape index (κ1) is 19.5. The normalized spacial score (nSPS) is 10.8. The van der Waals surface area contributed by atoms with Gasteiger partial charge in [0.25, 0.3) is 0 Å². The lowest BCUT2D eigenvalue weighted by atomic mass is 10.0. The van der Waals surface area contributed by atoms with E-state index in [2.05, 4.69) is 0 Å². The molecule has 0 spiro atoms. The van der Waals surface area contributed by atoms with E-state index >= 15 is 0 Å². The molecule has 0 N–H and O–H groups in total. The zero-order chi connectivity index (χ0) is 21.1. The third kappa shape index (κ3) is 3.85. The van der Waals surface area contributed by atoms with Gasteiger partial charge in [-0.25, -0.2) is 9.18 Å². The lowest BCUT2D eigenvalue weighted by Gasteiger charge is -2.11. The van der Waals surface area contributed by atoms with Crippen LogP contribution in [-0.4, -0.2) is 14.2 Å². The van der Waals surface area contributed by atoms with Crippen molar-refractivity contribution in [3.05, 3.63) is 88.5 Å². The Hall–Kier alpha value is -3.80. The van der Waals surface area contributed by atoms with E-state index in [1.165, 1.54) is 13.2 Å². The van der Waals surface area contributed by atoms with E-state index in [1.54, 1.807) is 67.8 Å². The summed E-state index contributed by atoms with van der Waals surface area (Å²) in [7, 11) is 3.09. The summed E-state index contributed by atoms with van der Waals surface area (Å²) >= 11 is 0. The van der Waals surface area contributed by atoms with Crippen molar-refractivity contribution in [1.29, 1.82) is 0 Å². The fourth-order valence-electron chi connectivity index (χ4n) is 3.17. The van der Waals surface area contributed by atoms with E-state index in [9.17, 15) is 9.18 Å². The summed E-state index contributed by atoms with van der Waals surface area (Å²) < 4.78 is 35.6. The second-order valence-electron chi connectivity index (χ2n) is 6.59. The van der Waals surface area contributed by atoms with Crippen molar-refractivity contribution >= 4 is 11.0 Å². The van der Waals surface area contributed by atoms with Gasteiger partial charge in [-0.1, -0.05) is 18.2 Å². The summed E-state index contributed by atoms with van der Waals surface area (Å²) in [6, 6.07) is 18.5. The number of fused-ring (bicyclic) bond motifs is 1. The van der Waals surface area contributed by atoms with E-state index < -0.39 is 5.63 Å². The summed E-state index contributed by atoms with van der Waals surface area (Å²) in [6.07, 6.45) is 0. The quantitative estimate of drug-likeness (QED) is 0.412. The maximum Gasteiger partial charge on any atom is 0.344 e. The van der Waals surface area contributed by atoms with Crippen molar-refractivity contribution in [2.75, 3.05) is 14.2 Å². The molecule has 0 fully saturated rings. The summed E-state index contributed by atoms with van der Waals surface area (Å²) in [5.41, 5.74) is 1.24. The minimum atomic E-state index is -0.514. The first-order valence-electron chi connectivity index (χ1n) is 9.25. The molecule has 0 radical (unpaired) electrons. The van der Waals surface area contributed by atoms with E-state index in [4.69, 9.17) is 18.6 Å². The molecular weight excluding hydrogens is 387 g/mol. The number of rotatable bonds is 6. The molecule has 0 atom stereocenters. The number of hydrogen-bond donors (Lipinski definition) is 0. The molecule has 1 aromatic heterocycles. The molecule has 0 aliphatic carbocycles. The standard InChI is InChI=1S/C24H19FO5/c1-27-17-9-10-22(28-2)19(12-17)20-11-15-7-8-18(13-23(15)30-24(20)26)29-14-16-5-3-4-6-21(16)25/h3-13H,14H2,1-2H3. The Morgan fingerprint density at radius 2 is 1.67 bits per heavy atom. The van der Waals surface area contributed by atoms with Crippen LogP contribution in [0.2, 0.25) is 0 Å². The largest absolute Gasteiger partial charge is 0.497 e. The number of hydrogen-bond acceptors (Lipinski definition) is 5. The Morgan fingerprint density at radius 3 is 2.43 bits per heavy atom. The van der Waals surface area contributed by atoms with Gasteiger partial charge in [0.15, 0.2) is 0 Å². The number of ether oxygens (including phenoxy) is 3. The summed E-state index contributed by atoms with van der Waals surface area (Å²) in [5, 5.41) is 0.715. The highest BCUT2D eigenvalue weighted by Crippen LogP contribution is 2.33. The zero-order valence-corrected chi connectivity index (χ0v) is 16.5. The molecule has 30 heavy (non-hydrogen) atoms. The molecule has 0 bridgehead atoms. The van der Waals surface area contributed by atoms with Gasteiger partial charge < -0.3 is 18.6 Å². The maximum atomic E-state index is 13.8. The highest BCUT2D eigenvalue weighted by molar-refractivity contribution is 5.84. The van der Waals surface area contributed by atoms with Crippen LogP contribution in [0.15, 0.2) is 75.9 Å². The Morgan fingerprint density at radius 1 is 0.867 bits per heavy atom. The second-order valence-corrected chi connectivity index (χ2v) is 6.59. The minimum absolute atomic E-state index is 0.0709. The van der Waals surface area contributed by atoms with Crippen LogP contribution < -0.4 is 19.8 Å². The maximum absolute atomic E-state index is 13.8. The lowest BCUT2D eigenvalue weighted by molar-refractivity contribution is 0.300. The van der Waals surface area contributed by atoms with Gasteiger partial charge in [0.2, 0.25) is 0 Å². The third-order valence-electron chi connectivity index (χ3n) is 4.76. The Kier molecular flexibility index (Phi) is 5.39. The molecule has 4 aromatic rings. The van der Waals surface area contributed by atoms with E-state index in [0.717, 1.165) is 0 Å². The molecular formula is C24H19FO5. The first-order valence-corrected chi connectivity index (χ1v) is 9.25. The molecule has 0 aliphatic heterocycles. The van der Waals surface area contributed by atoms with Gasteiger partial charge in [-0.15, -0.1) is 0 Å². The molecule has 152 valence electrons. The van der Waals surface area contributed by atoms with Crippen LogP contribution in [0, 0.1) is 5.82 Å². The second kappa shape index (κ2) is 8.29. The van der Waals surface area contributed by atoms with Gasteiger partial charge in [0.1, 0.15) is 35.3 Å². The fraction of sp³-hybridized carbons (Fsp3) is 0.125. The van der Waals surface area contributed by atoms with Gasteiger partial charge >= 0.3 is 5.63 Å². The number of halogens is 1. The predicted octanol–water partition coefficient (Wildman–Crippen LogP) is 5.20. The van der Waals surface area contributed by atoms with Gasteiger partial charge in [-0.3, -0.25) is 0 Å². The number of methoxy groups -OCH3 is 2. The Balaban J connectivity index is 1.68. The van der Waals surface area contributed by atoms with Gasteiger partial charge in [-0.05, 0) is 42.5 Å². The van der Waals surface area contributed by atoms with Crippen LogP contribution in [0.25, 0.3) is 22.1 Å². The average molecular weight is 406 g/mol.